The summed E-state index contributed by atoms with van der Waals surface area (Å²) in [5.74, 6) is 0.826. The van der Waals surface area contributed by atoms with Crippen LogP contribution in [0, 0.1) is 5.82 Å². The lowest BCUT2D eigenvalue weighted by atomic mass is 9.81. The number of rotatable bonds is 5. The van der Waals surface area contributed by atoms with Gasteiger partial charge < -0.3 is 4.74 Å². The Morgan fingerprint density at radius 1 is 0.828 bits per heavy atom. The number of carbonyl (C=O) groups excluding carboxylic acids is 1. The Kier molecular flexibility index (Phi) is 5.57. The van der Waals surface area contributed by atoms with Crippen molar-refractivity contribution in [2.75, 3.05) is 6.61 Å². The van der Waals surface area contributed by atoms with Crippen molar-refractivity contribution in [1.29, 1.82) is 0 Å². The maximum atomic E-state index is 13.2. The molecule has 0 aromatic heterocycles. The van der Waals surface area contributed by atoms with Crippen LogP contribution in [0.3, 0.4) is 0 Å². The van der Waals surface area contributed by atoms with Gasteiger partial charge in [0, 0.05) is 6.42 Å². The van der Waals surface area contributed by atoms with Gasteiger partial charge in [-0.05, 0) is 77.4 Å². The number of allylic oxidation sites excluding steroid dienone is 2. The summed E-state index contributed by atoms with van der Waals surface area (Å²) in [7, 11) is 0. The zero-order valence-electron chi connectivity index (χ0n) is 16.4. The van der Waals surface area contributed by atoms with E-state index in [-0.39, 0.29) is 17.5 Å². The molecule has 0 bridgehead atoms. The zero-order valence-corrected chi connectivity index (χ0v) is 16.4. The first kappa shape index (κ1) is 19.1. The molecule has 1 aliphatic rings. The molecule has 1 atom stereocenters. The molecule has 0 saturated carbocycles. The Labute approximate surface area is 170 Å². The average Bonchev–Trinajstić information content (AvgIpc) is 2.75. The summed E-state index contributed by atoms with van der Waals surface area (Å²) in [5.41, 5.74) is 5.34. The molecule has 0 fully saturated rings. The molecule has 0 spiro atoms. The number of hydrogen-bond donors (Lipinski definition) is 0. The maximum absolute atomic E-state index is 13.2. The van der Waals surface area contributed by atoms with Gasteiger partial charge in [0.25, 0.3) is 0 Å². The lowest BCUT2D eigenvalue weighted by molar-refractivity contribution is -0.115. The summed E-state index contributed by atoms with van der Waals surface area (Å²) in [4.78, 5) is 12.3. The largest absolute Gasteiger partial charge is 0.494 e. The molecule has 3 heteroatoms. The van der Waals surface area contributed by atoms with Crippen LogP contribution in [0.1, 0.15) is 36.8 Å². The van der Waals surface area contributed by atoms with Gasteiger partial charge in [-0.25, -0.2) is 4.39 Å². The normalized spacial score (nSPS) is 16.4. The van der Waals surface area contributed by atoms with Gasteiger partial charge in [-0.1, -0.05) is 48.5 Å². The third-order valence-corrected chi connectivity index (χ3v) is 5.34. The summed E-state index contributed by atoms with van der Waals surface area (Å²) in [6.07, 6.45) is 3.01. The van der Waals surface area contributed by atoms with E-state index in [4.69, 9.17) is 4.74 Å². The van der Waals surface area contributed by atoms with Crippen LogP contribution in [0.25, 0.3) is 16.7 Å². The highest BCUT2D eigenvalue weighted by molar-refractivity contribution is 5.99. The van der Waals surface area contributed by atoms with E-state index in [1.165, 1.54) is 12.1 Å². The minimum absolute atomic E-state index is 0.0916. The number of halogens is 1. The van der Waals surface area contributed by atoms with Gasteiger partial charge in [0.05, 0.1) is 6.61 Å². The molecule has 146 valence electrons. The second kappa shape index (κ2) is 8.44. The van der Waals surface area contributed by atoms with Crippen LogP contribution < -0.4 is 4.74 Å². The predicted molar refractivity (Wildman–Crippen MR) is 114 cm³/mol. The zero-order chi connectivity index (χ0) is 20.2. The van der Waals surface area contributed by atoms with Crippen LogP contribution in [0.2, 0.25) is 0 Å². The van der Waals surface area contributed by atoms with Crippen LogP contribution in [-0.4, -0.2) is 12.4 Å². The lowest BCUT2D eigenvalue weighted by Crippen LogP contribution is -2.12. The fourth-order valence-electron chi connectivity index (χ4n) is 3.85. The molecule has 0 radical (unpaired) electrons. The van der Waals surface area contributed by atoms with Gasteiger partial charge >= 0.3 is 0 Å². The smallest absolute Gasteiger partial charge is 0.156 e. The van der Waals surface area contributed by atoms with E-state index in [9.17, 15) is 9.18 Å². The minimum atomic E-state index is -0.253. The van der Waals surface area contributed by atoms with Crippen molar-refractivity contribution in [2.45, 2.75) is 25.7 Å². The summed E-state index contributed by atoms with van der Waals surface area (Å²) in [5, 5.41) is 0. The molecule has 4 rings (SSSR count). The van der Waals surface area contributed by atoms with Gasteiger partial charge in [0.15, 0.2) is 5.78 Å². The maximum Gasteiger partial charge on any atom is 0.156 e. The van der Waals surface area contributed by atoms with E-state index in [2.05, 4.69) is 24.3 Å². The fraction of sp³-hybridized carbons (Fsp3) is 0.192. The summed E-state index contributed by atoms with van der Waals surface area (Å²) in [6, 6.07) is 22.8. The molecule has 2 nitrogen and oxygen atoms in total. The molecule has 0 amide bonds. The first-order valence-corrected chi connectivity index (χ1v) is 9.95. The summed E-state index contributed by atoms with van der Waals surface area (Å²) < 4.78 is 18.7. The monoisotopic (exact) mass is 386 g/mol. The molecule has 29 heavy (non-hydrogen) atoms. The molecular formula is C26H23FO2. The van der Waals surface area contributed by atoms with E-state index in [1.54, 1.807) is 18.2 Å². The fourth-order valence-corrected chi connectivity index (χ4v) is 3.85. The first-order valence-electron chi connectivity index (χ1n) is 9.95. The molecule has 3 aromatic carbocycles. The highest BCUT2D eigenvalue weighted by Crippen LogP contribution is 2.36. The van der Waals surface area contributed by atoms with E-state index < -0.39 is 0 Å². The predicted octanol–water partition coefficient (Wildman–Crippen LogP) is 6.42. The van der Waals surface area contributed by atoms with Gasteiger partial charge in [0.1, 0.15) is 11.6 Å². The molecule has 0 saturated heterocycles. The van der Waals surface area contributed by atoms with Gasteiger partial charge in [-0.15, -0.1) is 0 Å². The third kappa shape index (κ3) is 4.45. The molecule has 3 aromatic rings. The Balaban J connectivity index is 1.53. The van der Waals surface area contributed by atoms with E-state index >= 15 is 0 Å². The molecule has 0 unspecified atom stereocenters. The average molecular weight is 386 g/mol. The SMILES string of the molecule is CCOc1ccc(-c2ccc(C3=CC(=O)C[C@H](c4ccc(F)cc4)C3)cc2)cc1. The van der Waals surface area contributed by atoms with Crippen LogP contribution in [0.5, 0.6) is 5.75 Å². The Morgan fingerprint density at radius 2 is 1.41 bits per heavy atom. The van der Waals surface area contributed by atoms with Crippen molar-refractivity contribution in [3.8, 4) is 16.9 Å². The van der Waals surface area contributed by atoms with Crippen LogP contribution in [0.4, 0.5) is 4.39 Å². The van der Waals surface area contributed by atoms with Gasteiger partial charge in [-0.3, -0.25) is 4.79 Å². The molecule has 0 N–H and O–H groups in total. The molecule has 0 aliphatic heterocycles. The van der Waals surface area contributed by atoms with Crippen molar-refractivity contribution >= 4 is 11.4 Å². The second-order valence-electron chi connectivity index (χ2n) is 7.33. The van der Waals surface area contributed by atoms with Crippen molar-refractivity contribution in [3.63, 3.8) is 0 Å². The third-order valence-electron chi connectivity index (χ3n) is 5.34. The lowest BCUT2D eigenvalue weighted by Gasteiger charge is -2.23. The minimum Gasteiger partial charge on any atom is -0.494 e. The molecule has 0 heterocycles. The second-order valence-corrected chi connectivity index (χ2v) is 7.33. The number of benzene rings is 3. The Hall–Kier alpha value is -3.20. The summed E-state index contributed by atoms with van der Waals surface area (Å²) in [6.45, 7) is 2.62. The van der Waals surface area contributed by atoms with E-state index in [0.29, 0.717) is 13.0 Å². The van der Waals surface area contributed by atoms with Crippen LogP contribution in [-0.2, 0) is 4.79 Å². The Morgan fingerprint density at radius 3 is 2.03 bits per heavy atom. The Bertz CT molecular complexity index is 1020. The number of ketones is 1. The summed E-state index contributed by atoms with van der Waals surface area (Å²) >= 11 is 0. The van der Waals surface area contributed by atoms with Crippen LogP contribution >= 0.6 is 0 Å². The van der Waals surface area contributed by atoms with Crippen molar-refractivity contribution < 1.29 is 13.9 Å². The number of hydrogen-bond acceptors (Lipinski definition) is 2. The van der Waals surface area contributed by atoms with E-state index in [1.807, 2.05) is 31.2 Å². The number of carbonyl (C=O) groups is 1. The quantitative estimate of drug-likeness (QED) is 0.506. The molecular weight excluding hydrogens is 363 g/mol. The topological polar surface area (TPSA) is 26.3 Å². The molecule has 1 aliphatic carbocycles. The standard InChI is InChI=1S/C26H23FO2/c1-2-29-26-13-9-19(10-14-26)18-3-5-20(6-4-18)22-15-23(17-25(28)16-22)21-7-11-24(27)12-8-21/h3-14,16,23H,2,15,17H2,1H3/t23-/m1/s1. The van der Waals surface area contributed by atoms with E-state index in [0.717, 1.165) is 40.0 Å². The van der Waals surface area contributed by atoms with Crippen molar-refractivity contribution in [3.05, 3.63) is 95.8 Å². The van der Waals surface area contributed by atoms with Gasteiger partial charge in [-0.2, -0.15) is 0 Å². The highest BCUT2D eigenvalue weighted by Gasteiger charge is 2.23. The van der Waals surface area contributed by atoms with Crippen molar-refractivity contribution in [1.82, 2.24) is 0 Å². The van der Waals surface area contributed by atoms with Crippen LogP contribution in [0.15, 0.2) is 78.9 Å². The highest BCUT2D eigenvalue weighted by atomic mass is 19.1. The first-order chi connectivity index (χ1) is 14.1. The number of ether oxygens (including phenoxy) is 1. The van der Waals surface area contributed by atoms with Crippen molar-refractivity contribution in [2.24, 2.45) is 0 Å². The van der Waals surface area contributed by atoms with Gasteiger partial charge in [0.2, 0.25) is 0 Å².